The van der Waals surface area contributed by atoms with Crippen LogP contribution in [0.25, 0.3) is 0 Å². The van der Waals surface area contributed by atoms with Gasteiger partial charge in [0.15, 0.2) is 0 Å². The Kier molecular flexibility index (Phi) is 4.00. The second kappa shape index (κ2) is 5.07. The normalized spacial score (nSPS) is 12.6. The summed E-state index contributed by atoms with van der Waals surface area (Å²) in [5.41, 5.74) is 0. The van der Waals surface area contributed by atoms with Gasteiger partial charge in [-0.05, 0) is 13.8 Å². The maximum atomic E-state index is 11.6. The summed E-state index contributed by atoms with van der Waals surface area (Å²) in [5, 5.41) is 11.1. The zero-order valence-corrected chi connectivity index (χ0v) is 10.5. The van der Waals surface area contributed by atoms with E-state index in [1.54, 1.807) is 19.0 Å². The van der Waals surface area contributed by atoms with Gasteiger partial charge in [0.25, 0.3) is 0 Å². The molecule has 0 spiro atoms. The fourth-order valence-corrected chi connectivity index (χ4v) is 1.32. The molecule has 1 rings (SSSR count). The number of aromatic nitrogens is 3. The van der Waals surface area contributed by atoms with E-state index in [1.165, 1.54) is 0 Å². The molecule has 0 saturated carbocycles. The van der Waals surface area contributed by atoms with Gasteiger partial charge in [-0.2, -0.15) is 0 Å². The number of carbonyl (C=O) groups is 1. The van der Waals surface area contributed by atoms with Crippen LogP contribution in [0.4, 0.5) is 0 Å². The molecule has 0 fully saturated rings. The fraction of sp³-hybridized carbons (Fsp3) is 0.700. The van der Waals surface area contributed by atoms with Gasteiger partial charge in [-0.25, -0.2) is 0 Å². The van der Waals surface area contributed by atoms with Crippen molar-refractivity contribution in [2.24, 2.45) is 7.05 Å². The summed E-state index contributed by atoms with van der Waals surface area (Å²) in [5.74, 6) is 1.75. The highest BCUT2D eigenvalue weighted by atomic mass is 16.2. The first kappa shape index (κ1) is 12.6. The van der Waals surface area contributed by atoms with Gasteiger partial charge in [-0.1, -0.05) is 0 Å². The minimum atomic E-state index is -0.216. The first-order chi connectivity index (χ1) is 7.43. The van der Waals surface area contributed by atoms with Gasteiger partial charge in [0.1, 0.15) is 11.6 Å². The molecule has 0 aromatic carbocycles. The molecular weight excluding hydrogens is 206 g/mol. The number of hydrogen-bond donors (Lipinski definition) is 1. The summed E-state index contributed by atoms with van der Waals surface area (Å²) in [6, 6.07) is -0.216. The largest absolute Gasteiger partial charge is 0.347 e. The monoisotopic (exact) mass is 225 g/mol. The van der Waals surface area contributed by atoms with Gasteiger partial charge in [0.2, 0.25) is 5.91 Å². The van der Waals surface area contributed by atoms with Crippen molar-refractivity contribution in [1.82, 2.24) is 25.0 Å². The summed E-state index contributed by atoms with van der Waals surface area (Å²) < 4.78 is 1.90. The number of hydrogen-bond acceptors (Lipinski definition) is 4. The van der Waals surface area contributed by atoms with E-state index in [2.05, 4.69) is 15.5 Å². The van der Waals surface area contributed by atoms with E-state index in [1.807, 2.05) is 25.5 Å². The molecule has 0 aliphatic rings. The number of rotatable bonds is 4. The van der Waals surface area contributed by atoms with E-state index in [4.69, 9.17) is 0 Å². The lowest BCUT2D eigenvalue weighted by Gasteiger charge is -2.17. The molecule has 1 aromatic rings. The first-order valence-electron chi connectivity index (χ1n) is 5.23. The molecule has 1 N–H and O–H groups in total. The summed E-state index contributed by atoms with van der Waals surface area (Å²) in [6.45, 7) is 4.27. The van der Waals surface area contributed by atoms with Gasteiger partial charge in [-0.3, -0.25) is 10.1 Å². The standard InChI is InChI=1S/C10H19N5O/c1-7(10(16)14(3)4)11-6-9-13-12-8(2)15(9)5/h7,11H,6H2,1-5H3. The molecule has 6 heteroatoms. The van der Waals surface area contributed by atoms with Crippen LogP contribution in [0.5, 0.6) is 0 Å². The van der Waals surface area contributed by atoms with Crippen molar-refractivity contribution in [1.29, 1.82) is 0 Å². The lowest BCUT2D eigenvalue weighted by Crippen LogP contribution is -2.41. The molecule has 1 amide bonds. The lowest BCUT2D eigenvalue weighted by molar-refractivity contribution is -0.130. The van der Waals surface area contributed by atoms with Gasteiger partial charge in [0.05, 0.1) is 12.6 Å². The average molecular weight is 225 g/mol. The molecule has 90 valence electrons. The zero-order valence-electron chi connectivity index (χ0n) is 10.5. The molecule has 0 saturated heterocycles. The number of aryl methyl sites for hydroxylation is 1. The topological polar surface area (TPSA) is 63.1 Å². The predicted octanol–water partition coefficient (Wildman–Crippen LogP) is -0.310. The smallest absolute Gasteiger partial charge is 0.238 e. The first-order valence-corrected chi connectivity index (χ1v) is 5.23. The second-order valence-electron chi connectivity index (χ2n) is 4.06. The van der Waals surface area contributed by atoms with Crippen molar-refractivity contribution in [2.75, 3.05) is 14.1 Å². The van der Waals surface area contributed by atoms with E-state index in [0.29, 0.717) is 6.54 Å². The Hall–Kier alpha value is -1.43. The summed E-state index contributed by atoms with van der Waals surface area (Å²) in [4.78, 5) is 13.1. The van der Waals surface area contributed by atoms with Crippen molar-refractivity contribution < 1.29 is 4.79 Å². The molecule has 6 nitrogen and oxygen atoms in total. The number of likely N-dealkylation sites (N-methyl/N-ethyl adjacent to an activating group) is 1. The molecule has 1 unspecified atom stereocenters. The van der Waals surface area contributed by atoms with Crippen molar-refractivity contribution in [2.45, 2.75) is 26.4 Å². The number of amides is 1. The van der Waals surface area contributed by atoms with Crippen molar-refractivity contribution >= 4 is 5.91 Å². The Labute approximate surface area is 95.6 Å². The van der Waals surface area contributed by atoms with E-state index < -0.39 is 0 Å². The molecule has 1 aromatic heterocycles. The molecular formula is C10H19N5O. The Morgan fingerprint density at radius 1 is 1.50 bits per heavy atom. The summed E-state index contributed by atoms with van der Waals surface area (Å²) >= 11 is 0. The maximum Gasteiger partial charge on any atom is 0.238 e. The van der Waals surface area contributed by atoms with Gasteiger partial charge < -0.3 is 9.47 Å². The van der Waals surface area contributed by atoms with Crippen LogP contribution in [0.3, 0.4) is 0 Å². The van der Waals surface area contributed by atoms with E-state index in [0.717, 1.165) is 11.6 Å². The third-order valence-electron chi connectivity index (χ3n) is 2.56. The minimum absolute atomic E-state index is 0.0545. The molecule has 0 bridgehead atoms. The van der Waals surface area contributed by atoms with Crippen molar-refractivity contribution in [3.05, 3.63) is 11.6 Å². The highest BCUT2D eigenvalue weighted by molar-refractivity contribution is 5.80. The van der Waals surface area contributed by atoms with E-state index >= 15 is 0 Å². The SMILES string of the molecule is Cc1nnc(CNC(C)C(=O)N(C)C)n1C. The minimum Gasteiger partial charge on any atom is -0.347 e. The summed E-state index contributed by atoms with van der Waals surface area (Å²) in [6.07, 6.45) is 0. The zero-order chi connectivity index (χ0) is 12.3. The average Bonchev–Trinajstić information content (AvgIpc) is 2.55. The molecule has 1 heterocycles. The van der Waals surface area contributed by atoms with Crippen LogP contribution < -0.4 is 5.32 Å². The van der Waals surface area contributed by atoms with Crippen LogP contribution in [0.1, 0.15) is 18.6 Å². The number of carbonyl (C=O) groups excluding carboxylic acids is 1. The van der Waals surface area contributed by atoms with Crippen molar-refractivity contribution in [3.8, 4) is 0 Å². The highest BCUT2D eigenvalue weighted by Crippen LogP contribution is 1.98. The fourth-order valence-electron chi connectivity index (χ4n) is 1.32. The lowest BCUT2D eigenvalue weighted by atomic mass is 10.3. The maximum absolute atomic E-state index is 11.6. The molecule has 0 aliphatic heterocycles. The third kappa shape index (κ3) is 2.79. The van der Waals surface area contributed by atoms with Crippen LogP contribution in [0.15, 0.2) is 0 Å². The molecule has 16 heavy (non-hydrogen) atoms. The Bertz CT molecular complexity index is 371. The quantitative estimate of drug-likeness (QED) is 0.763. The molecule has 1 atom stereocenters. The van der Waals surface area contributed by atoms with Crippen LogP contribution in [-0.4, -0.2) is 45.7 Å². The number of nitrogens with zero attached hydrogens (tertiary/aromatic N) is 4. The third-order valence-corrected chi connectivity index (χ3v) is 2.56. The molecule has 0 aliphatic carbocycles. The Balaban J connectivity index is 2.52. The highest BCUT2D eigenvalue weighted by Gasteiger charge is 2.15. The Morgan fingerprint density at radius 3 is 2.56 bits per heavy atom. The number of nitrogens with one attached hydrogen (secondary N) is 1. The van der Waals surface area contributed by atoms with Gasteiger partial charge >= 0.3 is 0 Å². The summed E-state index contributed by atoms with van der Waals surface area (Å²) in [7, 11) is 5.39. The van der Waals surface area contributed by atoms with Crippen LogP contribution in [0, 0.1) is 6.92 Å². The van der Waals surface area contributed by atoms with Gasteiger partial charge in [-0.15, -0.1) is 10.2 Å². The Morgan fingerprint density at radius 2 is 2.12 bits per heavy atom. The van der Waals surface area contributed by atoms with E-state index in [9.17, 15) is 4.79 Å². The second-order valence-corrected chi connectivity index (χ2v) is 4.06. The molecule has 0 radical (unpaired) electrons. The van der Waals surface area contributed by atoms with Crippen LogP contribution in [0.2, 0.25) is 0 Å². The van der Waals surface area contributed by atoms with Gasteiger partial charge in [0, 0.05) is 21.1 Å². The van der Waals surface area contributed by atoms with Crippen LogP contribution >= 0.6 is 0 Å². The van der Waals surface area contributed by atoms with E-state index in [-0.39, 0.29) is 11.9 Å². The van der Waals surface area contributed by atoms with Crippen LogP contribution in [-0.2, 0) is 18.4 Å². The predicted molar refractivity (Wildman–Crippen MR) is 60.7 cm³/mol. The van der Waals surface area contributed by atoms with Crippen molar-refractivity contribution in [3.63, 3.8) is 0 Å².